The quantitative estimate of drug-likeness (QED) is 0.748. The van der Waals surface area contributed by atoms with Gasteiger partial charge in [0.25, 0.3) is 0 Å². The summed E-state index contributed by atoms with van der Waals surface area (Å²) < 4.78 is 9.64. The lowest BCUT2D eigenvalue weighted by molar-refractivity contribution is -0.145. The predicted molar refractivity (Wildman–Crippen MR) is 62.5 cm³/mol. The van der Waals surface area contributed by atoms with Crippen molar-refractivity contribution in [3.05, 3.63) is 0 Å². The van der Waals surface area contributed by atoms with E-state index in [4.69, 9.17) is 9.47 Å². The molecule has 0 bridgehead atoms. The first-order valence-corrected chi connectivity index (χ1v) is 6.05. The number of carbonyl (C=O) groups is 2. The van der Waals surface area contributed by atoms with Crippen LogP contribution < -0.4 is 5.32 Å². The summed E-state index contributed by atoms with van der Waals surface area (Å²) in [5, 5.41) is 2.68. The zero-order valence-corrected chi connectivity index (χ0v) is 11.0. The Kier molecular flexibility index (Phi) is 4.01. The molecule has 0 aromatic rings. The smallest absolute Gasteiger partial charge is 0.408 e. The van der Waals surface area contributed by atoms with E-state index < -0.39 is 11.6 Å². The zero-order valence-electron chi connectivity index (χ0n) is 11.0. The van der Waals surface area contributed by atoms with E-state index in [1.54, 1.807) is 6.92 Å². The summed E-state index contributed by atoms with van der Waals surface area (Å²) in [7, 11) is 1.34. The van der Waals surface area contributed by atoms with Crippen LogP contribution in [0.25, 0.3) is 0 Å². The van der Waals surface area contributed by atoms with Crippen molar-refractivity contribution in [3.8, 4) is 0 Å². The van der Waals surface area contributed by atoms with E-state index in [2.05, 4.69) is 5.32 Å². The first-order valence-electron chi connectivity index (χ1n) is 6.05. The second-order valence-electron chi connectivity index (χ2n) is 4.41. The Labute approximate surface area is 102 Å². The molecule has 1 fully saturated rings. The first kappa shape index (κ1) is 13.8. The Balaban J connectivity index is 2.85. The van der Waals surface area contributed by atoms with Crippen molar-refractivity contribution < 1.29 is 19.1 Å². The van der Waals surface area contributed by atoms with Gasteiger partial charge >= 0.3 is 12.1 Å². The molecular formula is C12H21NO4. The standard InChI is InChI=1S/C12H21NO4/c1-5-11(6-2)8-12(11,9(14)16-4)13-10(15)17-7-3/h5-8H2,1-4H3,(H,13,15). The van der Waals surface area contributed by atoms with Crippen LogP contribution >= 0.6 is 0 Å². The summed E-state index contributed by atoms with van der Waals surface area (Å²) >= 11 is 0. The van der Waals surface area contributed by atoms with Gasteiger partial charge in [0.15, 0.2) is 0 Å². The molecule has 0 aliphatic heterocycles. The van der Waals surface area contributed by atoms with Crippen LogP contribution in [0, 0.1) is 5.41 Å². The SMILES string of the molecule is CCOC(=O)NC1(C(=O)OC)CC1(CC)CC. The highest BCUT2D eigenvalue weighted by Gasteiger charge is 2.72. The number of hydrogen-bond donors (Lipinski definition) is 1. The number of ether oxygens (including phenoxy) is 2. The predicted octanol–water partition coefficient (Wildman–Crippen LogP) is 1.85. The second-order valence-corrected chi connectivity index (χ2v) is 4.41. The van der Waals surface area contributed by atoms with Gasteiger partial charge in [-0.05, 0) is 26.2 Å². The number of carbonyl (C=O) groups excluding carboxylic acids is 2. The van der Waals surface area contributed by atoms with Crippen LogP contribution in [0.2, 0.25) is 0 Å². The van der Waals surface area contributed by atoms with Gasteiger partial charge in [0.05, 0.1) is 13.7 Å². The summed E-state index contributed by atoms with van der Waals surface area (Å²) in [4.78, 5) is 23.4. The molecule has 0 aromatic carbocycles. The average molecular weight is 243 g/mol. The maximum atomic E-state index is 11.9. The molecule has 0 radical (unpaired) electrons. The molecule has 1 rings (SSSR count). The number of esters is 1. The number of rotatable bonds is 5. The van der Waals surface area contributed by atoms with Gasteiger partial charge in [-0.3, -0.25) is 0 Å². The van der Waals surface area contributed by atoms with E-state index in [1.807, 2.05) is 13.8 Å². The van der Waals surface area contributed by atoms with Gasteiger partial charge < -0.3 is 14.8 Å². The molecule has 1 aliphatic carbocycles. The molecule has 1 saturated carbocycles. The maximum Gasteiger partial charge on any atom is 0.408 e. The third-order valence-corrected chi connectivity index (χ3v) is 3.86. The van der Waals surface area contributed by atoms with E-state index in [0.29, 0.717) is 6.42 Å². The molecule has 5 heteroatoms. The summed E-state index contributed by atoms with van der Waals surface area (Å²) in [6, 6.07) is 0. The summed E-state index contributed by atoms with van der Waals surface area (Å²) in [5.41, 5.74) is -1.08. The van der Waals surface area contributed by atoms with E-state index in [1.165, 1.54) is 7.11 Å². The highest BCUT2D eigenvalue weighted by molar-refractivity contribution is 5.90. The molecule has 1 amide bonds. The van der Waals surface area contributed by atoms with Crippen molar-refractivity contribution in [3.63, 3.8) is 0 Å². The summed E-state index contributed by atoms with van der Waals surface area (Å²) in [6.45, 7) is 6.04. The molecular weight excluding hydrogens is 222 g/mol. The summed E-state index contributed by atoms with van der Waals surface area (Å²) in [5.74, 6) is -0.380. The van der Waals surface area contributed by atoms with Crippen molar-refractivity contribution in [2.24, 2.45) is 5.41 Å². The van der Waals surface area contributed by atoms with Gasteiger partial charge in [-0.2, -0.15) is 0 Å². The molecule has 1 atom stereocenters. The number of amides is 1. The lowest BCUT2D eigenvalue weighted by atomic mass is 9.93. The Morgan fingerprint density at radius 3 is 2.18 bits per heavy atom. The minimum Gasteiger partial charge on any atom is -0.467 e. The van der Waals surface area contributed by atoms with E-state index in [-0.39, 0.29) is 18.0 Å². The molecule has 1 unspecified atom stereocenters. The van der Waals surface area contributed by atoms with Crippen LogP contribution in [0.15, 0.2) is 0 Å². The van der Waals surface area contributed by atoms with Crippen LogP contribution in [0.5, 0.6) is 0 Å². The second kappa shape index (κ2) is 4.94. The molecule has 0 spiro atoms. The molecule has 1 aliphatic rings. The zero-order chi connectivity index (χ0) is 13.1. The van der Waals surface area contributed by atoms with Gasteiger partial charge in [-0.15, -0.1) is 0 Å². The Morgan fingerprint density at radius 2 is 1.82 bits per heavy atom. The average Bonchev–Trinajstić information content (AvgIpc) is 2.98. The highest BCUT2D eigenvalue weighted by atomic mass is 16.6. The van der Waals surface area contributed by atoms with Gasteiger partial charge in [-0.25, -0.2) is 9.59 Å². The van der Waals surface area contributed by atoms with Crippen LogP contribution in [0.3, 0.4) is 0 Å². The molecule has 1 N–H and O–H groups in total. The largest absolute Gasteiger partial charge is 0.467 e. The van der Waals surface area contributed by atoms with E-state index in [9.17, 15) is 9.59 Å². The lowest BCUT2D eigenvalue weighted by Gasteiger charge is -2.22. The van der Waals surface area contributed by atoms with Crippen molar-refractivity contribution in [1.29, 1.82) is 0 Å². The molecule has 0 heterocycles. The first-order chi connectivity index (χ1) is 8.01. The van der Waals surface area contributed by atoms with E-state index in [0.717, 1.165) is 12.8 Å². The fraction of sp³-hybridized carbons (Fsp3) is 0.833. The number of methoxy groups -OCH3 is 1. The monoisotopic (exact) mass is 243 g/mol. The highest BCUT2D eigenvalue weighted by Crippen LogP contribution is 2.61. The third-order valence-electron chi connectivity index (χ3n) is 3.86. The van der Waals surface area contributed by atoms with Crippen molar-refractivity contribution in [2.75, 3.05) is 13.7 Å². The van der Waals surface area contributed by atoms with E-state index >= 15 is 0 Å². The van der Waals surface area contributed by atoms with Crippen LogP contribution in [-0.2, 0) is 14.3 Å². The van der Waals surface area contributed by atoms with Crippen molar-refractivity contribution in [2.45, 2.75) is 45.6 Å². The van der Waals surface area contributed by atoms with Gasteiger partial charge in [0, 0.05) is 5.41 Å². The maximum absolute atomic E-state index is 11.9. The Bertz CT molecular complexity index is 312. The summed E-state index contributed by atoms with van der Waals surface area (Å²) in [6.07, 6.45) is 1.72. The number of hydrogen-bond acceptors (Lipinski definition) is 4. The number of nitrogens with one attached hydrogen (secondary N) is 1. The Morgan fingerprint density at radius 1 is 1.24 bits per heavy atom. The fourth-order valence-corrected chi connectivity index (χ4v) is 2.60. The lowest BCUT2D eigenvalue weighted by Crippen LogP contribution is -2.48. The van der Waals surface area contributed by atoms with Gasteiger partial charge in [-0.1, -0.05) is 13.8 Å². The normalized spacial score (nSPS) is 24.9. The minimum atomic E-state index is -0.891. The van der Waals surface area contributed by atoms with Crippen LogP contribution in [-0.4, -0.2) is 31.3 Å². The Hall–Kier alpha value is -1.26. The van der Waals surface area contributed by atoms with Gasteiger partial charge in [0.2, 0.25) is 0 Å². The van der Waals surface area contributed by atoms with Crippen molar-refractivity contribution in [1.82, 2.24) is 5.32 Å². The molecule has 0 saturated heterocycles. The van der Waals surface area contributed by atoms with Gasteiger partial charge in [0.1, 0.15) is 5.54 Å². The minimum absolute atomic E-state index is 0.188. The number of alkyl carbamates (subject to hydrolysis) is 1. The van der Waals surface area contributed by atoms with Crippen LogP contribution in [0.1, 0.15) is 40.0 Å². The molecule has 17 heavy (non-hydrogen) atoms. The molecule has 5 nitrogen and oxygen atoms in total. The molecule has 98 valence electrons. The fourth-order valence-electron chi connectivity index (χ4n) is 2.60. The molecule has 0 aromatic heterocycles. The topological polar surface area (TPSA) is 64.6 Å². The van der Waals surface area contributed by atoms with Crippen molar-refractivity contribution >= 4 is 12.1 Å². The van der Waals surface area contributed by atoms with Crippen LogP contribution in [0.4, 0.5) is 4.79 Å². The third kappa shape index (κ3) is 2.10.